The summed E-state index contributed by atoms with van der Waals surface area (Å²) in [6.45, 7) is 5.75. The molecule has 0 spiro atoms. The van der Waals surface area contributed by atoms with Crippen molar-refractivity contribution in [3.63, 3.8) is 0 Å². The van der Waals surface area contributed by atoms with Gasteiger partial charge in [0.25, 0.3) is 0 Å². The molecule has 3 nitrogen and oxygen atoms in total. The standard InChI is InChI=1S/C15H22N2O/c1-15(2,18-3)8-10-17-9-7-12-5-4-6-13(11-16)14(12)17/h4-7,9H,8,10-11,16H2,1-3H3. The van der Waals surface area contributed by atoms with Gasteiger partial charge in [0, 0.05) is 26.4 Å². The smallest absolute Gasteiger partial charge is 0.0639 e. The number of rotatable bonds is 5. The third-order valence-corrected chi connectivity index (χ3v) is 3.60. The van der Waals surface area contributed by atoms with E-state index in [4.69, 9.17) is 10.5 Å². The minimum Gasteiger partial charge on any atom is -0.379 e. The van der Waals surface area contributed by atoms with Crippen LogP contribution in [0.2, 0.25) is 0 Å². The normalized spacial score (nSPS) is 12.2. The van der Waals surface area contributed by atoms with Gasteiger partial charge in [-0.1, -0.05) is 18.2 Å². The van der Waals surface area contributed by atoms with Crippen LogP contribution < -0.4 is 5.73 Å². The van der Waals surface area contributed by atoms with Crippen LogP contribution in [0.5, 0.6) is 0 Å². The molecular weight excluding hydrogens is 224 g/mol. The van der Waals surface area contributed by atoms with Crippen molar-refractivity contribution in [2.75, 3.05) is 7.11 Å². The molecule has 1 aromatic carbocycles. The molecule has 0 saturated carbocycles. The molecule has 0 unspecified atom stereocenters. The van der Waals surface area contributed by atoms with Gasteiger partial charge in [-0.05, 0) is 37.3 Å². The van der Waals surface area contributed by atoms with E-state index in [2.05, 4.69) is 48.9 Å². The van der Waals surface area contributed by atoms with Crippen LogP contribution in [0.15, 0.2) is 30.5 Å². The van der Waals surface area contributed by atoms with E-state index in [9.17, 15) is 0 Å². The molecule has 0 saturated heterocycles. The van der Waals surface area contributed by atoms with Crippen LogP contribution in [0.4, 0.5) is 0 Å². The van der Waals surface area contributed by atoms with Crippen LogP contribution in [-0.2, 0) is 17.8 Å². The minimum absolute atomic E-state index is 0.0890. The van der Waals surface area contributed by atoms with Crippen LogP contribution in [0.25, 0.3) is 10.9 Å². The molecule has 0 aliphatic carbocycles. The number of para-hydroxylation sites is 1. The lowest BCUT2D eigenvalue weighted by molar-refractivity contribution is 0.0123. The molecule has 98 valence electrons. The van der Waals surface area contributed by atoms with E-state index in [0.29, 0.717) is 6.54 Å². The lowest BCUT2D eigenvalue weighted by Gasteiger charge is -2.23. The summed E-state index contributed by atoms with van der Waals surface area (Å²) in [6, 6.07) is 8.44. The first-order chi connectivity index (χ1) is 8.57. The average Bonchev–Trinajstić information content (AvgIpc) is 2.79. The number of methoxy groups -OCH3 is 1. The molecule has 2 aromatic rings. The van der Waals surface area contributed by atoms with Crippen molar-refractivity contribution in [2.45, 2.75) is 39.0 Å². The SMILES string of the molecule is COC(C)(C)CCn1ccc2cccc(CN)c21. The molecule has 18 heavy (non-hydrogen) atoms. The topological polar surface area (TPSA) is 40.2 Å². The largest absolute Gasteiger partial charge is 0.379 e. The number of aromatic nitrogens is 1. The zero-order chi connectivity index (χ0) is 13.2. The number of nitrogens with two attached hydrogens (primary N) is 1. The minimum atomic E-state index is -0.0890. The maximum absolute atomic E-state index is 5.81. The summed E-state index contributed by atoms with van der Waals surface area (Å²) in [5.74, 6) is 0. The zero-order valence-corrected chi connectivity index (χ0v) is 11.4. The Bertz CT molecular complexity index is 528. The summed E-state index contributed by atoms with van der Waals surface area (Å²) in [7, 11) is 1.76. The predicted octanol–water partition coefficient (Wildman–Crippen LogP) is 2.92. The summed E-state index contributed by atoms with van der Waals surface area (Å²) in [4.78, 5) is 0. The Morgan fingerprint density at radius 3 is 2.72 bits per heavy atom. The van der Waals surface area contributed by atoms with E-state index in [0.717, 1.165) is 13.0 Å². The van der Waals surface area contributed by atoms with Gasteiger partial charge in [0.2, 0.25) is 0 Å². The molecule has 0 aliphatic rings. The Kier molecular flexibility index (Phi) is 3.73. The number of hydrogen-bond donors (Lipinski definition) is 1. The number of aryl methyl sites for hydroxylation is 1. The van der Waals surface area contributed by atoms with E-state index in [1.54, 1.807) is 7.11 Å². The van der Waals surface area contributed by atoms with Gasteiger partial charge >= 0.3 is 0 Å². The molecule has 0 bridgehead atoms. The van der Waals surface area contributed by atoms with Gasteiger partial charge < -0.3 is 15.0 Å². The third-order valence-electron chi connectivity index (χ3n) is 3.60. The van der Waals surface area contributed by atoms with Crippen molar-refractivity contribution in [1.82, 2.24) is 4.57 Å². The number of ether oxygens (including phenoxy) is 1. The highest BCUT2D eigenvalue weighted by Crippen LogP contribution is 2.22. The second kappa shape index (κ2) is 5.12. The van der Waals surface area contributed by atoms with E-state index in [1.807, 2.05) is 0 Å². The van der Waals surface area contributed by atoms with E-state index in [-0.39, 0.29) is 5.60 Å². The Labute approximate surface area is 109 Å². The van der Waals surface area contributed by atoms with Crippen molar-refractivity contribution < 1.29 is 4.74 Å². The number of hydrogen-bond acceptors (Lipinski definition) is 2. The van der Waals surface area contributed by atoms with Crippen molar-refractivity contribution in [2.24, 2.45) is 5.73 Å². The molecule has 0 amide bonds. The van der Waals surface area contributed by atoms with Gasteiger partial charge in [-0.25, -0.2) is 0 Å². The van der Waals surface area contributed by atoms with Gasteiger partial charge in [0.1, 0.15) is 0 Å². The summed E-state index contributed by atoms with van der Waals surface area (Å²) >= 11 is 0. The first-order valence-electron chi connectivity index (χ1n) is 6.39. The van der Waals surface area contributed by atoms with Crippen molar-refractivity contribution in [1.29, 1.82) is 0 Å². The number of fused-ring (bicyclic) bond motifs is 1. The third kappa shape index (κ3) is 2.57. The van der Waals surface area contributed by atoms with E-state index >= 15 is 0 Å². The lowest BCUT2D eigenvalue weighted by atomic mass is 10.1. The molecule has 1 heterocycles. The highest BCUT2D eigenvalue weighted by atomic mass is 16.5. The van der Waals surface area contributed by atoms with Crippen LogP contribution in [0.1, 0.15) is 25.8 Å². The molecule has 0 fully saturated rings. The van der Waals surface area contributed by atoms with Crippen molar-refractivity contribution in [3.05, 3.63) is 36.0 Å². The van der Waals surface area contributed by atoms with Gasteiger partial charge in [-0.15, -0.1) is 0 Å². The van der Waals surface area contributed by atoms with Gasteiger partial charge in [-0.2, -0.15) is 0 Å². The van der Waals surface area contributed by atoms with Gasteiger partial charge in [-0.3, -0.25) is 0 Å². The highest BCUT2D eigenvalue weighted by Gasteiger charge is 2.16. The molecule has 2 rings (SSSR count). The first-order valence-corrected chi connectivity index (χ1v) is 6.39. The second-order valence-corrected chi connectivity index (χ2v) is 5.28. The maximum atomic E-state index is 5.81. The maximum Gasteiger partial charge on any atom is 0.0639 e. The molecule has 0 atom stereocenters. The Morgan fingerprint density at radius 1 is 1.28 bits per heavy atom. The summed E-state index contributed by atoms with van der Waals surface area (Å²) < 4.78 is 7.74. The van der Waals surface area contributed by atoms with Crippen LogP contribution in [0.3, 0.4) is 0 Å². The van der Waals surface area contributed by atoms with Crippen LogP contribution >= 0.6 is 0 Å². The average molecular weight is 246 g/mol. The van der Waals surface area contributed by atoms with E-state index in [1.165, 1.54) is 16.5 Å². The molecule has 0 aliphatic heterocycles. The lowest BCUT2D eigenvalue weighted by Crippen LogP contribution is -2.24. The van der Waals surface area contributed by atoms with Crippen molar-refractivity contribution in [3.8, 4) is 0 Å². The molecule has 0 radical (unpaired) electrons. The summed E-state index contributed by atoms with van der Waals surface area (Å²) in [6.07, 6.45) is 3.11. The van der Waals surface area contributed by atoms with Crippen LogP contribution in [-0.4, -0.2) is 17.3 Å². The van der Waals surface area contributed by atoms with Crippen LogP contribution in [0, 0.1) is 0 Å². The number of benzene rings is 1. The molecule has 1 aromatic heterocycles. The number of nitrogens with zero attached hydrogens (tertiary/aromatic N) is 1. The Hall–Kier alpha value is -1.32. The fourth-order valence-electron chi connectivity index (χ4n) is 2.18. The van der Waals surface area contributed by atoms with Gasteiger partial charge in [0.15, 0.2) is 0 Å². The molecular formula is C15H22N2O. The molecule has 2 N–H and O–H groups in total. The zero-order valence-electron chi connectivity index (χ0n) is 11.4. The highest BCUT2D eigenvalue weighted by molar-refractivity contribution is 5.83. The monoisotopic (exact) mass is 246 g/mol. The van der Waals surface area contributed by atoms with Crippen molar-refractivity contribution >= 4 is 10.9 Å². The summed E-state index contributed by atoms with van der Waals surface area (Å²) in [5, 5.41) is 1.26. The van der Waals surface area contributed by atoms with E-state index < -0.39 is 0 Å². The summed E-state index contributed by atoms with van der Waals surface area (Å²) in [5.41, 5.74) is 8.18. The fraction of sp³-hybridized carbons (Fsp3) is 0.467. The molecule has 3 heteroatoms. The Morgan fingerprint density at radius 2 is 2.06 bits per heavy atom. The fourth-order valence-corrected chi connectivity index (χ4v) is 2.18. The quantitative estimate of drug-likeness (QED) is 0.881. The van der Waals surface area contributed by atoms with Gasteiger partial charge in [0.05, 0.1) is 11.1 Å². The second-order valence-electron chi connectivity index (χ2n) is 5.28. The predicted molar refractivity (Wildman–Crippen MR) is 75.5 cm³/mol. The Balaban J connectivity index is 2.29. The first kappa shape index (κ1) is 13.1.